The van der Waals surface area contributed by atoms with Crippen molar-refractivity contribution in [3.05, 3.63) is 35.0 Å². The highest BCUT2D eigenvalue weighted by Gasteiger charge is 2.33. The van der Waals surface area contributed by atoms with Crippen LogP contribution in [0.25, 0.3) is 0 Å². The molecule has 0 atom stereocenters. The van der Waals surface area contributed by atoms with Gasteiger partial charge in [0.2, 0.25) is 0 Å². The zero-order valence-corrected chi connectivity index (χ0v) is 15.0. The van der Waals surface area contributed by atoms with E-state index in [1.165, 1.54) is 27.1 Å². The van der Waals surface area contributed by atoms with Crippen molar-refractivity contribution in [2.45, 2.75) is 4.21 Å². The predicted molar refractivity (Wildman–Crippen MR) is 89.1 cm³/mol. The number of aryl methyl sites for hydroxylation is 1. The first kappa shape index (κ1) is 17.6. The topological polar surface area (TPSA) is 113 Å². The summed E-state index contributed by atoms with van der Waals surface area (Å²) in [5.41, 5.74) is -0.300. The molecular formula is C14H16N4O5S2. The first-order valence-corrected chi connectivity index (χ1v) is 9.72. The third-order valence-corrected chi connectivity index (χ3v) is 7.15. The summed E-state index contributed by atoms with van der Waals surface area (Å²) in [5.74, 6) is -1.73. The smallest absolute Gasteiger partial charge is 0.339 e. The van der Waals surface area contributed by atoms with Gasteiger partial charge in [-0.2, -0.15) is 9.40 Å². The molecule has 2 aromatic heterocycles. The minimum atomic E-state index is -3.55. The van der Waals surface area contributed by atoms with Gasteiger partial charge in [-0.05, 0) is 11.4 Å². The van der Waals surface area contributed by atoms with Gasteiger partial charge in [0.05, 0.1) is 0 Å². The Kier molecular flexibility index (Phi) is 4.62. The number of aromatic nitrogens is 2. The third-order valence-electron chi connectivity index (χ3n) is 3.88. The van der Waals surface area contributed by atoms with E-state index >= 15 is 0 Å². The first-order valence-electron chi connectivity index (χ1n) is 7.40. The van der Waals surface area contributed by atoms with Gasteiger partial charge in [-0.25, -0.2) is 13.2 Å². The van der Waals surface area contributed by atoms with Crippen molar-refractivity contribution in [1.29, 1.82) is 0 Å². The molecule has 3 rings (SSSR count). The fourth-order valence-electron chi connectivity index (χ4n) is 2.62. The van der Waals surface area contributed by atoms with Crippen molar-refractivity contribution in [3.63, 3.8) is 0 Å². The van der Waals surface area contributed by atoms with Crippen LogP contribution in [0.3, 0.4) is 0 Å². The lowest BCUT2D eigenvalue weighted by Gasteiger charge is -2.33. The molecule has 0 aliphatic carbocycles. The van der Waals surface area contributed by atoms with E-state index in [0.717, 1.165) is 11.3 Å². The van der Waals surface area contributed by atoms with Crippen LogP contribution in [0.5, 0.6) is 0 Å². The molecule has 0 bridgehead atoms. The lowest BCUT2D eigenvalue weighted by atomic mass is 10.2. The lowest BCUT2D eigenvalue weighted by molar-refractivity contribution is 0.0653. The highest BCUT2D eigenvalue weighted by molar-refractivity contribution is 7.91. The number of carboxylic acids is 1. The summed E-state index contributed by atoms with van der Waals surface area (Å²) in [4.78, 5) is 25.2. The first-order chi connectivity index (χ1) is 11.8. The molecule has 1 aliphatic rings. The van der Waals surface area contributed by atoms with Gasteiger partial charge in [0.1, 0.15) is 9.77 Å². The number of carbonyl (C=O) groups excluding carboxylic acids is 1. The van der Waals surface area contributed by atoms with Crippen LogP contribution in [0.1, 0.15) is 20.8 Å². The summed E-state index contributed by atoms with van der Waals surface area (Å²) >= 11 is 1.15. The second kappa shape index (κ2) is 6.58. The van der Waals surface area contributed by atoms with E-state index in [9.17, 15) is 23.1 Å². The Morgan fingerprint density at radius 3 is 2.48 bits per heavy atom. The van der Waals surface area contributed by atoms with Gasteiger partial charge in [-0.3, -0.25) is 9.48 Å². The van der Waals surface area contributed by atoms with Crippen LogP contribution in [-0.4, -0.2) is 70.6 Å². The molecule has 11 heteroatoms. The molecule has 1 aliphatic heterocycles. The Bertz CT molecular complexity index is 896. The van der Waals surface area contributed by atoms with E-state index < -0.39 is 21.9 Å². The molecule has 2 aromatic rings. The summed E-state index contributed by atoms with van der Waals surface area (Å²) in [6.45, 7) is 0.667. The molecule has 1 amide bonds. The van der Waals surface area contributed by atoms with Crippen LogP contribution in [0.4, 0.5) is 0 Å². The van der Waals surface area contributed by atoms with E-state index in [1.54, 1.807) is 17.5 Å². The van der Waals surface area contributed by atoms with Crippen molar-refractivity contribution >= 4 is 33.2 Å². The molecule has 0 radical (unpaired) electrons. The van der Waals surface area contributed by atoms with Crippen molar-refractivity contribution in [3.8, 4) is 0 Å². The molecule has 0 aromatic carbocycles. The number of thiophene rings is 1. The monoisotopic (exact) mass is 384 g/mol. The second-order valence-corrected chi connectivity index (χ2v) is 8.61. The fourth-order valence-corrected chi connectivity index (χ4v) is 5.19. The predicted octanol–water partition coefficient (Wildman–Crippen LogP) is 0.327. The van der Waals surface area contributed by atoms with Crippen molar-refractivity contribution in [2.24, 2.45) is 7.05 Å². The summed E-state index contributed by atoms with van der Waals surface area (Å²) in [5, 5.41) is 14.8. The van der Waals surface area contributed by atoms with Crippen molar-refractivity contribution in [2.75, 3.05) is 26.2 Å². The largest absolute Gasteiger partial charge is 0.478 e. The van der Waals surface area contributed by atoms with Gasteiger partial charge in [0.25, 0.3) is 15.9 Å². The minimum Gasteiger partial charge on any atom is -0.478 e. The summed E-state index contributed by atoms with van der Waals surface area (Å²) in [6.07, 6.45) is 1.27. The SMILES string of the molecule is Cn1cc(C(=O)O)c(C(=O)N2CCN(S(=O)(=O)c3cccs3)CC2)n1. The molecule has 134 valence electrons. The van der Waals surface area contributed by atoms with Gasteiger partial charge in [0, 0.05) is 39.4 Å². The van der Waals surface area contributed by atoms with Gasteiger partial charge < -0.3 is 10.0 Å². The Morgan fingerprint density at radius 1 is 1.24 bits per heavy atom. The Labute approximate surface area is 148 Å². The van der Waals surface area contributed by atoms with Gasteiger partial charge in [0.15, 0.2) is 5.69 Å². The maximum absolute atomic E-state index is 12.5. The molecule has 0 saturated carbocycles. The zero-order chi connectivity index (χ0) is 18.2. The minimum absolute atomic E-state index is 0.135. The van der Waals surface area contributed by atoms with Crippen LogP contribution in [-0.2, 0) is 17.1 Å². The Hall–Kier alpha value is -2.24. The molecule has 1 saturated heterocycles. The number of amides is 1. The van der Waals surface area contributed by atoms with Crippen LogP contribution < -0.4 is 0 Å². The van der Waals surface area contributed by atoms with Crippen LogP contribution in [0.2, 0.25) is 0 Å². The average Bonchev–Trinajstić information content (AvgIpc) is 3.24. The molecule has 0 spiro atoms. The summed E-state index contributed by atoms with van der Waals surface area (Å²) in [7, 11) is -2.01. The molecule has 9 nitrogen and oxygen atoms in total. The van der Waals surface area contributed by atoms with E-state index in [1.807, 2.05) is 0 Å². The number of hydrogen-bond acceptors (Lipinski definition) is 6. The van der Waals surface area contributed by atoms with E-state index in [0.29, 0.717) is 0 Å². The van der Waals surface area contributed by atoms with Gasteiger partial charge in [-0.15, -0.1) is 11.3 Å². The van der Waals surface area contributed by atoms with Gasteiger partial charge >= 0.3 is 5.97 Å². The zero-order valence-electron chi connectivity index (χ0n) is 13.3. The number of carbonyl (C=O) groups is 2. The number of nitrogens with zero attached hydrogens (tertiary/aromatic N) is 4. The normalized spacial score (nSPS) is 16.1. The third kappa shape index (κ3) is 3.30. The van der Waals surface area contributed by atoms with Gasteiger partial charge in [-0.1, -0.05) is 6.07 Å². The highest BCUT2D eigenvalue weighted by atomic mass is 32.2. The number of piperazine rings is 1. The van der Waals surface area contributed by atoms with Crippen LogP contribution in [0.15, 0.2) is 27.9 Å². The molecule has 1 N–H and O–H groups in total. The fraction of sp³-hybridized carbons (Fsp3) is 0.357. The average molecular weight is 384 g/mol. The standard InChI is InChI=1S/C14H16N4O5S2/c1-16-9-10(14(20)21)12(15-16)13(19)17-4-6-18(7-5-17)25(22,23)11-3-2-8-24-11/h2-3,8-9H,4-7H2,1H3,(H,20,21). The number of carboxylic acid groups (broad SMARTS) is 1. The molecule has 25 heavy (non-hydrogen) atoms. The van der Waals surface area contributed by atoms with Crippen LogP contribution in [0, 0.1) is 0 Å². The highest BCUT2D eigenvalue weighted by Crippen LogP contribution is 2.22. The molecular weight excluding hydrogens is 368 g/mol. The molecule has 3 heterocycles. The Balaban J connectivity index is 1.73. The maximum atomic E-state index is 12.5. The Morgan fingerprint density at radius 2 is 1.92 bits per heavy atom. The van der Waals surface area contributed by atoms with Crippen molar-refractivity contribution < 1.29 is 23.1 Å². The number of sulfonamides is 1. The van der Waals surface area contributed by atoms with Crippen molar-refractivity contribution in [1.82, 2.24) is 19.0 Å². The lowest BCUT2D eigenvalue weighted by Crippen LogP contribution is -2.50. The quantitative estimate of drug-likeness (QED) is 0.813. The van der Waals surface area contributed by atoms with E-state index in [2.05, 4.69) is 5.10 Å². The summed E-state index contributed by atoms with van der Waals surface area (Å²) in [6, 6.07) is 3.22. The number of aromatic carboxylic acids is 1. The second-order valence-electron chi connectivity index (χ2n) is 5.50. The van der Waals surface area contributed by atoms with E-state index in [4.69, 9.17) is 0 Å². The van der Waals surface area contributed by atoms with Crippen LogP contribution >= 0.6 is 11.3 Å². The molecule has 1 fully saturated rings. The van der Waals surface area contributed by atoms with E-state index in [-0.39, 0.29) is 41.6 Å². The summed E-state index contributed by atoms with van der Waals surface area (Å²) < 4.78 is 27.8. The molecule has 0 unspecified atom stereocenters. The number of rotatable bonds is 4. The number of hydrogen-bond donors (Lipinski definition) is 1. The maximum Gasteiger partial charge on any atom is 0.339 e.